The van der Waals surface area contributed by atoms with Crippen LogP contribution in [0, 0.1) is 11.3 Å². The molecule has 0 aliphatic carbocycles. The van der Waals surface area contributed by atoms with Crippen LogP contribution < -0.4 is 0 Å². The van der Waals surface area contributed by atoms with E-state index in [1.54, 1.807) is 0 Å². The SMILES string of the molecule is CC(C)CN(CCCCC(C)(C)C(=O)O)C(C)C. The fraction of sp³-hybridized carbons (Fsp3) is 0.933. The van der Waals surface area contributed by atoms with Gasteiger partial charge in [-0.25, -0.2) is 0 Å². The number of carbonyl (C=O) groups is 1. The van der Waals surface area contributed by atoms with Gasteiger partial charge in [0.1, 0.15) is 0 Å². The maximum absolute atomic E-state index is 11.0. The molecule has 1 N–H and O–H groups in total. The number of carboxylic acid groups (broad SMARTS) is 1. The Kier molecular flexibility index (Phi) is 7.53. The van der Waals surface area contributed by atoms with Gasteiger partial charge in [-0.2, -0.15) is 0 Å². The van der Waals surface area contributed by atoms with Crippen LogP contribution >= 0.6 is 0 Å². The highest BCUT2D eigenvalue weighted by Gasteiger charge is 2.26. The molecule has 108 valence electrons. The average Bonchev–Trinajstić information content (AvgIpc) is 2.21. The Morgan fingerprint density at radius 1 is 1.17 bits per heavy atom. The number of hydrogen-bond donors (Lipinski definition) is 1. The third-order valence-corrected chi connectivity index (χ3v) is 3.41. The first-order chi connectivity index (χ1) is 8.16. The van der Waals surface area contributed by atoms with E-state index in [0.29, 0.717) is 12.0 Å². The molecule has 0 radical (unpaired) electrons. The van der Waals surface area contributed by atoms with E-state index in [4.69, 9.17) is 5.11 Å². The molecule has 3 heteroatoms. The van der Waals surface area contributed by atoms with Crippen molar-refractivity contribution in [2.75, 3.05) is 13.1 Å². The molecule has 0 heterocycles. The Hall–Kier alpha value is -0.570. The molecule has 0 aromatic rings. The molecule has 0 rings (SSSR count). The first kappa shape index (κ1) is 17.4. The zero-order valence-electron chi connectivity index (χ0n) is 13.0. The molecule has 3 nitrogen and oxygen atoms in total. The second-order valence-electron chi connectivity index (χ2n) is 6.63. The van der Waals surface area contributed by atoms with Crippen LogP contribution in [0.2, 0.25) is 0 Å². The van der Waals surface area contributed by atoms with Crippen molar-refractivity contribution in [1.29, 1.82) is 0 Å². The summed E-state index contributed by atoms with van der Waals surface area (Å²) in [7, 11) is 0. The van der Waals surface area contributed by atoms with Crippen LogP contribution in [0.3, 0.4) is 0 Å². The Morgan fingerprint density at radius 3 is 2.11 bits per heavy atom. The van der Waals surface area contributed by atoms with Crippen LogP contribution in [0.4, 0.5) is 0 Å². The molecule has 0 aliphatic rings. The van der Waals surface area contributed by atoms with Crippen LogP contribution in [-0.4, -0.2) is 35.1 Å². The van der Waals surface area contributed by atoms with Crippen molar-refractivity contribution in [3.05, 3.63) is 0 Å². The summed E-state index contributed by atoms with van der Waals surface area (Å²) in [4.78, 5) is 13.5. The lowest BCUT2D eigenvalue weighted by Gasteiger charge is -2.28. The summed E-state index contributed by atoms with van der Waals surface area (Å²) in [5, 5.41) is 9.05. The largest absolute Gasteiger partial charge is 0.481 e. The summed E-state index contributed by atoms with van der Waals surface area (Å²) in [6.07, 6.45) is 2.83. The highest BCUT2D eigenvalue weighted by atomic mass is 16.4. The van der Waals surface area contributed by atoms with Gasteiger partial charge in [0.25, 0.3) is 0 Å². The van der Waals surface area contributed by atoms with Crippen LogP contribution in [0.5, 0.6) is 0 Å². The molecule has 0 fully saturated rings. The topological polar surface area (TPSA) is 40.5 Å². The van der Waals surface area contributed by atoms with Crippen molar-refractivity contribution in [1.82, 2.24) is 4.90 Å². The molecule has 0 aromatic carbocycles. The van der Waals surface area contributed by atoms with Gasteiger partial charge in [0.05, 0.1) is 5.41 Å². The number of rotatable bonds is 9. The van der Waals surface area contributed by atoms with Gasteiger partial charge in [-0.05, 0) is 53.0 Å². The van der Waals surface area contributed by atoms with E-state index in [2.05, 4.69) is 32.6 Å². The minimum atomic E-state index is -0.689. The Balaban J connectivity index is 3.97. The molecular weight excluding hydrogens is 226 g/mol. The molecule has 0 bridgehead atoms. The molecule has 18 heavy (non-hydrogen) atoms. The summed E-state index contributed by atoms with van der Waals surface area (Å²) in [6.45, 7) is 14.7. The zero-order chi connectivity index (χ0) is 14.3. The lowest BCUT2D eigenvalue weighted by atomic mass is 9.87. The van der Waals surface area contributed by atoms with E-state index in [9.17, 15) is 4.79 Å². The number of carboxylic acids is 1. The molecule has 0 saturated carbocycles. The van der Waals surface area contributed by atoms with Gasteiger partial charge >= 0.3 is 5.97 Å². The quantitative estimate of drug-likeness (QED) is 0.641. The van der Waals surface area contributed by atoms with Crippen molar-refractivity contribution >= 4 is 5.97 Å². The van der Waals surface area contributed by atoms with Gasteiger partial charge < -0.3 is 10.0 Å². The van der Waals surface area contributed by atoms with Gasteiger partial charge in [0.2, 0.25) is 0 Å². The predicted molar refractivity (Wildman–Crippen MR) is 76.8 cm³/mol. The van der Waals surface area contributed by atoms with Gasteiger partial charge in [-0.3, -0.25) is 4.79 Å². The van der Waals surface area contributed by atoms with Gasteiger partial charge in [0.15, 0.2) is 0 Å². The van der Waals surface area contributed by atoms with Crippen molar-refractivity contribution in [3.8, 4) is 0 Å². The average molecular weight is 257 g/mol. The minimum Gasteiger partial charge on any atom is -0.481 e. The van der Waals surface area contributed by atoms with Crippen LogP contribution in [0.15, 0.2) is 0 Å². The number of nitrogens with zero attached hydrogens (tertiary/aromatic N) is 1. The first-order valence-electron chi connectivity index (χ1n) is 7.14. The van der Waals surface area contributed by atoms with Crippen LogP contribution in [0.25, 0.3) is 0 Å². The molecular formula is C15H31NO2. The molecule has 0 unspecified atom stereocenters. The smallest absolute Gasteiger partial charge is 0.309 e. The van der Waals surface area contributed by atoms with E-state index in [1.165, 1.54) is 0 Å². The minimum absolute atomic E-state index is 0.569. The first-order valence-corrected chi connectivity index (χ1v) is 7.14. The highest BCUT2D eigenvalue weighted by molar-refractivity contribution is 5.73. The lowest BCUT2D eigenvalue weighted by Crippen LogP contribution is -2.35. The van der Waals surface area contributed by atoms with Gasteiger partial charge in [-0.1, -0.05) is 20.3 Å². The van der Waals surface area contributed by atoms with E-state index in [1.807, 2.05) is 13.8 Å². The number of aliphatic carboxylic acids is 1. The molecule has 0 atom stereocenters. The number of hydrogen-bond acceptors (Lipinski definition) is 2. The number of unbranched alkanes of at least 4 members (excludes halogenated alkanes) is 1. The lowest BCUT2D eigenvalue weighted by molar-refractivity contribution is -0.147. The maximum Gasteiger partial charge on any atom is 0.309 e. The van der Waals surface area contributed by atoms with Gasteiger partial charge in [0, 0.05) is 12.6 Å². The monoisotopic (exact) mass is 257 g/mol. The predicted octanol–water partition coefficient (Wildman–Crippen LogP) is 3.63. The Bertz CT molecular complexity index is 247. The van der Waals surface area contributed by atoms with Crippen LogP contribution in [0.1, 0.15) is 60.8 Å². The normalized spacial score (nSPS) is 12.7. The second-order valence-corrected chi connectivity index (χ2v) is 6.63. The summed E-state index contributed by atoms with van der Waals surface area (Å²) < 4.78 is 0. The van der Waals surface area contributed by atoms with Crippen molar-refractivity contribution in [3.63, 3.8) is 0 Å². The highest BCUT2D eigenvalue weighted by Crippen LogP contribution is 2.23. The Morgan fingerprint density at radius 2 is 1.72 bits per heavy atom. The maximum atomic E-state index is 11.0. The summed E-state index contributed by atoms with van der Waals surface area (Å²) in [6, 6.07) is 0.569. The summed E-state index contributed by atoms with van der Waals surface area (Å²) in [5.41, 5.74) is -0.583. The van der Waals surface area contributed by atoms with E-state index >= 15 is 0 Å². The van der Waals surface area contributed by atoms with Crippen LogP contribution in [-0.2, 0) is 4.79 Å². The third kappa shape index (κ3) is 7.00. The van der Waals surface area contributed by atoms with Gasteiger partial charge in [-0.15, -0.1) is 0 Å². The van der Waals surface area contributed by atoms with E-state index in [-0.39, 0.29) is 0 Å². The van der Waals surface area contributed by atoms with E-state index < -0.39 is 11.4 Å². The summed E-state index contributed by atoms with van der Waals surface area (Å²) >= 11 is 0. The van der Waals surface area contributed by atoms with Crippen molar-refractivity contribution < 1.29 is 9.90 Å². The Labute approximate surface area is 113 Å². The third-order valence-electron chi connectivity index (χ3n) is 3.41. The molecule has 0 aliphatic heterocycles. The van der Waals surface area contributed by atoms with E-state index in [0.717, 1.165) is 32.4 Å². The van der Waals surface area contributed by atoms with Crippen molar-refractivity contribution in [2.24, 2.45) is 11.3 Å². The summed E-state index contributed by atoms with van der Waals surface area (Å²) in [5.74, 6) is -0.00624. The second kappa shape index (κ2) is 7.78. The fourth-order valence-corrected chi connectivity index (χ4v) is 2.02. The molecule has 0 spiro atoms. The fourth-order valence-electron chi connectivity index (χ4n) is 2.02. The standard InChI is InChI=1S/C15H31NO2/c1-12(2)11-16(13(3)4)10-8-7-9-15(5,6)14(17)18/h12-13H,7-11H2,1-6H3,(H,17,18). The van der Waals surface area contributed by atoms with Crippen molar-refractivity contribution in [2.45, 2.75) is 66.8 Å². The molecule has 0 aromatic heterocycles. The molecule has 0 amide bonds. The zero-order valence-corrected chi connectivity index (χ0v) is 13.0. The molecule has 0 saturated heterocycles.